The number of nitrogens with one attached hydrogen (secondary N) is 1. The molecule has 0 aromatic rings. The van der Waals surface area contributed by atoms with Gasteiger partial charge < -0.3 is 19.9 Å². The van der Waals surface area contributed by atoms with Gasteiger partial charge in [-0.15, -0.1) is 0 Å². The molecule has 1 aliphatic heterocycles. The third-order valence-electron chi connectivity index (χ3n) is 3.37. The largest absolute Gasteiger partial charge is 0.389 e. The number of hydrogen-bond donors (Lipinski definition) is 2. The van der Waals surface area contributed by atoms with Crippen LogP contribution in [-0.2, 0) is 9.47 Å². The molecule has 4 heteroatoms. The molecule has 0 bridgehead atoms. The minimum Gasteiger partial charge on any atom is -0.389 e. The van der Waals surface area contributed by atoms with E-state index in [-0.39, 0.29) is 6.10 Å². The van der Waals surface area contributed by atoms with E-state index >= 15 is 0 Å². The molecule has 0 amide bonds. The number of ether oxygens (including phenoxy) is 2. The highest BCUT2D eigenvalue weighted by Gasteiger charge is 2.23. The summed E-state index contributed by atoms with van der Waals surface area (Å²) in [6.07, 6.45) is 3.13. The lowest BCUT2D eigenvalue weighted by molar-refractivity contribution is 0.0315. The topological polar surface area (TPSA) is 50.7 Å². The molecule has 0 saturated carbocycles. The summed E-state index contributed by atoms with van der Waals surface area (Å²) < 4.78 is 10.9. The highest BCUT2D eigenvalue weighted by atomic mass is 16.5. The SMILES string of the molecule is CC(C)CCCOCC(O)CNC1CCOC1C. The summed E-state index contributed by atoms with van der Waals surface area (Å²) in [6, 6.07) is 0.376. The normalized spacial score (nSPS) is 25.8. The summed E-state index contributed by atoms with van der Waals surface area (Å²) in [4.78, 5) is 0. The van der Waals surface area contributed by atoms with Gasteiger partial charge in [0.25, 0.3) is 0 Å². The van der Waals surface area contributed by atoms with Crippen LogP contribution in [-0.4, -0.2) is 49.7 Å². The van der Waals surface area contributed by atoms with E-state index in [1.54, 1.807) is 0 Å². The first-order valence-electron chi connectivity index (χ1n) is 7.20. The van der Waals surface area contributed by atoms with Gasteiger partial charge in [-0.3, -0.25) is 0 Å². The molecule has 2 N–H and O–H groups in total. The standard InChI is InChI=1S/C14H29NO3/c1-11(2)5-4-7-17-10-13(16)9-15-14-6-8-18-12(14)3/h11-16H,4-10H2,1-3H3. The Morgan fingerprint density at radius 1 is 1.44 bits per heavy atom. The predicted octanol–water partition coefficient (Wildman–Crippen LogP) is 1.57. The zero-order valence-electron chi connectivity index (χ0n) is 12.0. The van der Waals surface area contributed by atoms with Crippen molar-refractivity contribution in [2.75, 3.05) is 26.4 Å². The number of rotatable bonds is 9. The summed E-state index contributed by atoms with van der Waals surface area (Å²) in [5.41, 5.74) is 0. The van der Waals surface area contributed by atoms with Crippen molar-refractivity contribution in [3.63, 3.8) is 0 Å². The van der Waals surface area contributed by atoms with Gasteiger partial charge in [0.1, 0.15) is 0 Å². The minimum absolute atomic E-state index is 0.254. The average molecular weight is 259 g/mol. The van der Waals surface area contributed by atoms with E-state index in [9.17, 15) is 5.11 Å². The van der Waals surface area contributed by atoms with Crippen molar-refractivity contribution in [3.05, 3.63) is 0 Å². The Bertz CT molecular complexity index is 211. The maximum atomic E-state index is 9.78. The van der Waals surface area contributed by atoms with Crippen LogP contribution >= 0.6 is 0 Å². The highest BCUT2D eigenvalue weighted by Crippen LogP contribution is 2.12. The molecule has 0 aliphatic carbocycles. The molecule has 1 saturated heterocycles. The molecule has 108 valence electrons. The number of aliphatic hydroxyl groups excluding tert-OH is 1. The van der Waals surface area contributed by atoms with Gasteiger partial charge in [0.15, 0.2) is 0 Å². The fourth-order valence-corrected chi connectivity index (χ4v) is 2.16. The first-order valence-corrected chi connectivity index (χ1v) is 7.20. The molecular formula is C14H29NO3. The molecule has 4 nitrogen and oxygen atoms in total. The summed E-state index contributed by atoms with van der Waals surface area (Å²) in [6.45, 7) is 9.07. The van der Waals surface area contributed by atoms with Crippen molar-refractivity contribution >= 4 is 0 Å². The highest BCUT2D eigenvalue weighted by molar-refractivity contribution is 4.79. The fraction of sp³-hybridized carbons (Fsp3) is 1.00. The molecule has 1 fully saturated rings. The van der Waals surface area contributed by atoms with Crippen LogP contribution in [0.3, 0.4) is 0 Å². The van der Waals surface area contributed by atoms with Gasteiger partial charge in [0.2, 0.25) is 0 Å². The van der Waals surface area contributed by atoms with Crippen LogP contribution in [0.1, 0.15) is 40.0 Å². The van der Waals surface area contributed by atoms with E-state index in [2.05, 4.69) is 26.1 Å². The Hall–Kier alpha value is -0.160. The van der Waals surface area contributed by atoms with E-state index in [1.165, 1.54) is 6.42 Å². The average Bonchev–Trinajstić information content (AvgIpc) is 2.71. The number of hydrogen-bond acceptors (Lipinski definition) is 4. The summed E-state index contributed by atoms with van der Waals surface area (Å²) in [7, 11) is 0. The lowest BCUT2D eigenvalue weighted by Crippen LogP contribution is -2.40. The van der Waals surface area contributed by atoms with Crippen LogP contribution < -0.4 is 5.32 Å². The van der Waals surface area contributed by atoms with Gasteiger partial charge in [-0.05, 0) is 32.1 Å². The van der Waals surface area contributed by atoms with Crippen molar-refractivity contribution in [1.29, 1.82) is 0 Å². The zero-order chi connectivity index (χ0) is 13.4. The summed E-state index contributed by atoms with van der Waals surface area (Å²) in [5.74, 6) is 0.726. The lowest BCUT2D eigenvalue weighted by atomic mass is 10.1. The van der Waals surface area contributed by atoms with Crippen LogP contribution in [0.4, 0.5) is 0 Å². The monoisotopic (exact) mass is 259 g/mol. The van der Waals surface area contributed by atoms with Gasteiger partial charge in [-0.25, -0.2) is 0 Å². The fourth-order valence-electron chi connectivity index (χ4n) is 2.16. The van der Waals surface area contributed by atoms with Crippen LogP contribution in [0.5, 0.6) is 0 Å². The zero-order valence-corrected chi connectivity index (χ0v) is 12.0. The molecule has 3 unspecified atom stereocenters. The number of aliphatic hydroxyl groups is 1. The van der Waals surface area contributed by atoms with E-state index in [4.69, 9.17) is 9.47 Å². The van der Waals surface area contributed by atoms with Crippen LogP contribution in [0.15, 0.2) is 0 Å². The second-order valence-corrected chi connectivity index (χ2v) is 5.64. The minimum atomic E-state index is -0.420. The van der Waals surface area contributed by atoms with Gasteiger partial charge in [-0.1, -0.05) is 13.8 Å². The van der Waals surface area contributed by atoms with Gasteiger partial charge in [0.05, 0.1) is 18.8 Å². The first-order chi connectivity index (χ1) is 8.59. The molecule has 1 aliphatic rings. The van der Waals surface area contributed by atoms with Gasteiger partial charge in [-0.2, -0.15) is 0 Å². The van der Waals surface area contributed by atoms with Crippen molar-refractivity contribution in [2.24, 2.45) is 5.92 Å². The van der Waals surface area contributed by atoms with E-state index < -0.39 is 6.10 Å². The quantitative estimate of drug-likeness (QED) is 0.617. The van der Waals surface area contributed by atoms with E-state index in [0.29, 0.717) is 19.2 Å². The Morgan fingerprint density at radius 3 is 2.83 bits per heavy atom. The van der Waals surface area contributed by atoms with E-state index in [1.807, 2.05) is 0 Å². The van der Waals surface area contributed by atoms with Gasteiger partial charge in [0, 0.05) is 25.8 Å². The lowest BCUT2D eigenvalue weighted by Gasteiger charge is -2.18. The molecular weight excluding hydrogens is 230 g/mol. The van der Waals surface area contributed by atoms with Crippen molar-refractivity contribution in [1.82, 2.24) is 5.32 Å². The van der Waals surface area contributed by atoms with E-state index in [0.717, 1.165) is 32.0 Å². The second-order valence-electron chi connectivity index (χ2n) is 5.64. The summed E-state index contributed by atoms with van der Waals surface area (Å²) in [5, 5.41) is 13.1. The molecule has 1 rings (SSSR count). The van der Waals surface area contributed by atoms with Gasteiger partial charge >= 0.3 is 0 Å². The third-order valence-corrected chi connectivity index (χ3v) is 3.37. The smallest absolute Gasteiger partial charge is 0.0897 e. The molecule has 0 aromatic heterocycles. The molecule has 18 heavy (non-hydrogen) atoms. The van der Waals surface area contributed by atoms with Crippen LogP contribution in [0.25, 0.3) is 0 Å². The van der Waals surface area contributed by atoms with Crippen LogP contribution in [0, 0.1) is 5.92 Å². The molecule has 1 heterocycles. The molecule has 3 atom stereocenters. The maximum absolute atomic E-state index is 9.78. The van der Waals surface area contributed by atoms with Crippen molar-refractivity contribution in [3.8, 4) is 0 Å². The Balaban J connectivity index is 1.95. The maximum Gasteiger partial charge on any atom is 0.0897 e. The predicted molar refractivity (Wildman–Crippen MR) is 72.7 cm³/mol. The molecule has 0 radical (unpaired) electrons. The summed E-state index contributed by atoms with van der Waals surface area (Å²) >= 11 is 0. The first kappa shape index (κ1) is 15.9. The Kier molecular flexibility index (Phi) is 7.82. The van der Waals surface area contributed by atoms with Crippen LogP contribution in [0.2, 0.25) is 0 Å². The van der Waals surface area contributed by atoms with Crippen molar-refractivity contribution in [2.45, 2.75) is 58.3 Å². The molecule has 0 aromatic carbocycles. The third kappa shape index (κ3) is 6.69. The van der Waals surface area contributed by atoms with Crippen molar-refractivity contribution < 1.29 is 14.6 Å². The Morgan fingerprint density at radius 2 is 2.22 bits per heavy atom. The molecule has 0 spiro atoms. The second kappa shape index (κ2) is 8.86. The Labute approximate surface area is 111 Å².